The van der Waals surface area contributed by atoms with Crippen LogP contribution in [0.1, 0.15) is 5.56 Å². The molecule has 76 valence electrons. The van der Waals surface area contributed by atoms with E-state index >= 15 is 0 Å². The SMILES string of the molecule is N[C@H](Cc1ccc(Br)cc1Cl)C(=O)O. The molecule has 0 spiro atoms. The van der Waals surface area contributed by atoms with Crippen molar-refractivity contribution in [1.82, 2.24) is 0 Å². The second-order valence-corrected chi connectivity index (χ2v) is 4.21. The van der Waals surface area contributed by atoms with Crippen LogP contribution in [0.3, 0.4) is 0 Å². The topological polar surface area (TPSA) is 63.3 Å². The van der Waals surface area contributed by atoms with E-state index < -0.39 is 12.0 Å². The summed E-state index contributed by atoms with van der Waals surface area (Å²) in [4.78, 5) is 10.5. The summed E-state index contributed by atoms with van der Waals surface area (Å²) in [7, 11) is 0. The van der Waals surface area contributed by atoms with Crippen molar-refractivity contribution in [2.45, 2.75) is 12.5 Å². The number of hydrogen-bond donors (Lipinski definition) is 2. The van der Waals surface area contributed by atoms with E-state index in [4.69, 9.17) is 22.4 Å². The molecule has 3 nitrogen and oxygen atoms in total. The molecule has 0 saturated heterocycles. The molecule has 0 bridgehead atoms. The van der Waals surface area contributed by atoms with Crippen molar-refractivity contribution in [1.29, 1.82) is 0 Å². The van der Waals surface area contributed by atoms with Crippen LogP contribution in [0, 0.1) is 0 Å². The lowest BCUT2D eigenvalue weighted by atomic mass is 10.1. The van der Waals surface area contributed by atoms with Gasteiger partial charge in [0.2, 0.25) is 0 Å². The summed E-state index contributed by atoms with van der Waals surface area (Å²) in [5.41, 5.74) is 6.13. The van der Waals surface area contributed by atoms with Crippen LogP contribution in [0.5, 0.6) is 0 Å². The highest BCUT2D eigenvalue weighted by Gasteiger charge is 2.13. The lowest BCUT2D eigenvalue weighted by Gasteiger charge is -2.08. The fourth-order valence-electron chi connectivity index (χ4n) is 1.01. The van der Waals surface area contributed by atoms with Crippen LogP contribution in [-0.2, 0) is 11.2 Å². The van der Waals surface area contributed by atoms with Gasteiger partial charge in [-0.3, -0.25) is 4.79 Å². The van der Waals surface area contributed by atoms with Crippen LogP contribution in [0.4, 0.5) is 0 Å². The number of carbonyl (C=O) groups is 1. The Morgan fingerprint density at radius 2 is 2.29 bits per heavy atom. The molecule has 0 aromatic heterocycles. The molecule has 0 amide bonds. The van der Waals surface area contributed by atoms with Gasteiger partial charge in [0.25, 0.3) is 0 Å². The Morgan fingerprint density at radius 1 is 1.64 bits per heavy atom. The van der Waals surface area contributed by atoms with E-state index in [0.29, 0.717) is 5.02 Å². The summed E-state index contributed by atoms with van der Waals surface area (Å²) < 4.78 is 0.857. The Bertz CT molecular complexity index is 357. The van der Waals surface area contributed by atoms with Gasteiger partial charge >= 0.3 is 5.97 Å². The number of nitrogens with two attached hydrogens (primary N) is 1. The Hall–Kier alpha value is -0.580. The molecule has 0 aliphatic heterocycles. The molecule has 0 fully saturated rings. The zero-order valence-electron chi connectivity index (χ0n) is 7.21. The smallest absolute Gasteiger partial charge is 0.320 e. The molecule has 0 aliphatic carbocycles. The fourth-order valence-corrected chi connectivity index (χ4v) is 1.76. The number of benzene rings is 1. The molecular formula is C9H9BrClNO2. The number of halogens is 2. The van der Waals surface area contributed by atoms with E-state index in [-0.39, 0.29) is 6.42 Å². The second-order valence-electron chi connectivity index (χ2n) is 2.88. The molecule has 5 heteroatoms. The van der Waals surface area contributed by atoms with Gasteiger partial charge in [-0.05, 0) is 24.1 Å². The zero-order valence-corrected chi connectivity index (χ0v) is 9.55. The van der Waals surface area contributed by atoms with Crippen LogP contribution < -0.4 is 5.73 Å². The third-order valence-corrected chi connectivity index (χ3v) is 2.62. The summed E-state index contributed by atoms with van der Waals surface area (Å²) in [6.07, 6.45) is 0.238. The third kappa shape index (κ3) is 2.97. The van der Waals surface area contributed by atoms with E-state index in [1.807, 2.05) is 0 Å². The van der Waals surface area contributed by atoms with Crippen molar-refractivity contribution >= 4 is 33.5 Å². The summed E-state index contributed by atoms with van der Waals surface area (Å²) in [6, 6.07) is 4.37. The molecule has 14 heavy (non-hydrogen) atoms. The van der Waals surface area contributed by atoms with Gasteiger partial charge in [-0.25, -0.2) is 0 Å². The molecule has 1 aromatic rings. The first-order chi connectivity index (χ1) is 6.50. The highest BCUT2D eigenvalue weighted by atomic mass is 79.9. The largest absolute Gasteiger partial charge is 0.480 e. The number of aliphatic carboxylic acids is 1. The molecular weight excluding hydrogens is 269 g/mol. The molecule has 0 unspecified atom stereocenters. The van der Waals surface area contributed by atoms with Crippen molar-refractivity contribution in [2.75, 3.05) is 0 Å². The van der Waals surface area contributed by atoms with E-state index in [2.05, 4.69) is 15.9 Å². The lowest BCUT2D eigenvalue weighted by Crippen LogP contribution is -2.32. The predicted octanol–water partition coefficient (Wildman–Crippen LogP) is 2.06. The Balaban J connectivity index is 2.82. The minimum atomic E-state index is -1.02. The van der Waals surface area contributed by atoms with Crippen LogP contribution >= 0.6 is 27.5 Å². The molecule has 1 rings (SSSR count). The predicted molar refractivity (Wildman–Crippen MR) is 58.5 cm³/mol. The molecule has 0 saturated carbocycles. The number of hydrogen-bond acceptors (Lipinski definition) is 2. The van der Waals surface area contributed by atoms with Gasteiger partial charge < -0.3 is 10.8 Å². The highest BCUT2D eigenvalue weighted by molar-refractivity contribution is 9.10. The van der Waals surface area contributed by atoms with Crippen molar-refractivity contribution in [2.24, 2.45) is 5.73 Å². The van der Waals surface area contributed by atoms with Gasteiger partial charge in [0.15, 0.2) is 0 Å². The molecule has 0 aliphatic rings. The summed E-state index contributed by atoms with van der Waals surface area (Å²) >= 11 is 9.16. The Kier molecular flexibility index (Phi) is 3.92. The van der Waals surface area contributed by atoms with Crippen LogP contribution in [0.2, 0.25) is 5.02 Å². The van der Waals surface area contributed by atoms with Gasteiger partial charge in [0.05, 0.1) is 0 Å². The van der Waals surface area contributed by atoms with Crippen LogP contribution in [0.25, 0.3) is 0 Å². The van der Waals surface area contributed by atoms with E-state index in [9.17, 15) is 4.79 Å². The van der Waals surface area contributed by atoms with Crippen molar-refractivity contribution in [3.05, 3.63) is 33.3 Å². The van der Waals surface area contributed by atoms with Crippen molar-refractivity contribution < 1.29 is 9.90 Å². The average Bonchev–Trinajstić information content (AvgIpc) is 2.09. The quantitative estimate of drug-likeness (QED) is 0.889. The number of rotatable bonds is 3. The molecule has 3 N–H and O–H groups in total. The molecule has 0 radical (unpaired) electrons. The standard InChI is InChI=1S/C9H9BrClNO2/c10-6-2-1-5(7(11)4-6)3-8(12)9(13)14/h1-2,4,8H,3,12H2,(H,13,14)/t8-/m1/s1. The van der Waals surface area contributed by atoms with Crippen LogP contribution in [-0.4, -0.2) is 17.1 Å². The molecule has 1 atom stereocenters. The number of carboxylic acid groups (broad SMARTS) is 1. The maximum absolute atomic E-state index is 10.5. The Morgan fingerprint density at radius 3 is 2.79 bits per heavy atom. The lowest BCUT2D eigenvalue weighted by molar-refractivity contribution is -0.138. The third-order valence-electron chi connectivity index (χ3n) is 1.77. The zero-order chi connectivity index (χ0) is 10.7. The molecule has 0 heterocycles. The van der Waals surface area contributed by atoms with Crippen molar-refractivity contribution in [3.8, 4) is 0 Å². The monoisotopic (exact) mass is 277 g/mol. The van der Waals surface area contributed by atoms with Gasteiger partial charge in [-0.2, -0.15) is 0 Å². The maximum Gasteiger partial charge on any atom is 0.320 e. The van der Waals surface area contributed by atoms with Gasteiger partial charge in [0, 0.05) is 9.50 Å². The van der Waals surface area contributed by atoms with Crippen molar-refractivity contribution in [3.63, 3.8) is 0 Å². The first-order valence-electron chi connectivity index (χ1n) is 3.93. The summed E-state index contributed by atoms with van der Waals surface area (Å²) in [5.74, 6) is -1.02. The maximum atomic E-state index is 10.5. The van der Waals surface area contributed by atoms with E-state index in [0.717, 1.165) is 10.0 Å². The second kappa shape index (κ2) is 4.77. The minimum Gasteiger partial charge on any atom is -0.480 e. The van der Waals surface area contributed by atoms with Gasteiger partial charge in [0.1, 0.15) is 6.04 Å². The fraction of sp³-hybridized carbons (Fsp3) is 0.222. The minimum absolute atomic E-state index is 0.238. The summed E-state index contributed by atoms with van der Waals surface area (Å²) in [5, 5.41) is 9.14. The highest BCUT2D eigenvalue weighted by Crippen LogP contribution is 2.22. The molecule has 1 aromatic carbocycles. The first-order valence-corrected chi connectivity index (χ1v) is 5.10. The number of carboxylic acids is 1. The first kappa shape index (κ1) is 11.5. The van der Waals surface area contributed by atoms with E-state index in [1.165, 1.54) is 0 Å². The summed E-state index contributed by atoms with van der Waals surface area (Å²) in [6.45, 7) is 0. The van der Waals surface area contributed by atoms with Crippen LogP contribution in [0.15, 0.2) is 22.7 Å². The van der Waals surface area contributed by atoms with E-state index in [1.54, 1.807) is 18.2 Å². The average molecular weight is 279 g/mol. The van der Waals surface area contributed by atoms with Gasteiger partial charge in [-0.15, -0.1) is 0 Å². The normalized spacial score (nSPS) is 12.5. The Labute approximate surface area is 95.0 Å². The van der Waals surface area contributed by atoms with Gasteiger partial charge in [-0.1, -0.05) is 33.6 Å².